The van der Waals surface area contributed by atoms with Crippen LogP contribution in [0.3, 0.4) is 0 Å². The summed E-state index contributed by atoms with van der Waals surface area (Å²) in [6, 6.07) is 10.9. The number of nitrogens with zero attached hydrogens (tertiary/aromatic N) is 1. The molecule has 6 nitrogen and oxygen atoms in total. The number of hydrogen-bond acceptors (Lipinski definition) is 4. The molecule has 2 aromatic rings. The van der Waals surface area contributed by atoms with Gasteiger partial charge in [0, 0.05) is 19.7 Å². The van der Waals surface area contributed by atoms with E-state index in [0.29, 0.717) is 22.0 Å². The van der Waals surface area contributed by atoms with Gasteiger partial charge in [0.05, 0.1) is 21.3 Å². The van der Waals surface area contributed by atoms with Crippen LogP contribution in [0.5, 0.6) is 0 Å². The number of benzene rings is 2. The van der Waals surface area contributed by atoms with E-state index in [1.807, 2.05) is 14.1 Å². The Bertz CT molecular complexity index is 849. The van der Waals surface area contributed by atoms with E-state index < -0.39 is 10.0 Å². The monoisotopic (exact) mass is 367 g/mol. The molecule has 2 N–H and O–H groups in total. The topological polar surface area (TPSA) is 78.5 Å². The number of halogens is 1. The zero-order valence-electron chi connectivity index (χ0n) is 13.5. The first kappa shape index (κ1) is 18.3. The van der Waals surface area contributed by atoms with Gasteiger partial charge in [0.2, 0.25) is 10.0 Å². The number of amides is 1. The third-order valence-electron chi connectivity index (χ3n) is 3.38. The molecule has 8 heteroatoms. The highest BCUT2D eigenvalue weighted by atomic mass is 35.5. The number of hydrogen-bond donors (Lipinski definition) is 2. The number of para-hydroxylation sites is 1. The van der Waals surface area contributed by atoms with Gasteiger partial charge in [0.1, 0.15) is 0 Å². The maximum Gasteiger partial charge on any atom is 0.255 e. The summed E-state index contributed by atoms with van der Waals surface area (Å²) in [5.74, 6) is -0.353. The Hall–Kier alpha value is -2.09. The summed E-state index contributed by atoms with van der Waals surface area (Å²) in [4.78, 5) is 14.3. The van der Waals surface area contributed by atoms with Crippen LogP contribution in [0.1, 0.15) is 10.4 Å². The fourth-order valence-corrected chi connectivity index (χ4v) is 3.24. The van der Waals surface area contributed by atoms with Crippen LogP contribution >= 0.6 is 11.6 Å². The minimum atomic E-state index is -3.53. The zero-order chi connectivity index (χ0) is 17.9. The highest BCUT2D eigenvalue weighted by Crippen LogP contribution is 2.32. The first-order valence-electron chi connectivity index (χ1n) is 7.07. The second-order valence-electron chi connectivity index (χ2n) is 5.22. The minimum Gasteiger partial charge on any atom is -0.375 e. The smallest absolute Gasteiger partial charge is 0.255 e. The lowest BCUT2D eigenvalue weighted by Gasteiger charge is -2.19. The molecule has 0 aliphatic rings. The zero-order valence-corrected chi connectivity index (χ0v) is 15.1. The standard InChI is InChI=1S/C16H18ClN3O3S/c1-18-24(22,23)12-9-7-11(8-10-12)16(21)19-14-6-4-5-13(17)15(14)20(2)3/h4-10,18H,1-3H3,(H,19,21). The highest BCUT2D eigenvalue weighted by Gasteiger charge is 2.15. The van der Waals surface area contributed by atoms with Crippen molar-refractivity contribution in [2.45, 2.75) is 4.90 Å². The second kappa shape index (κ2) is 7.21. The Morgan fingerprint density at radius 2 is 1.71 bits per heavy atom. The predicted octanol–water partition coefficient (Wildman–Crippen LogP) is 2.57. The molecule has 0 bridgehead atoms. The van der Waals surface area contributed by atoms with Gasteiger partial charge >= 0.3 is 0 Å². The van der Waals surface area contributed by atoms with Crippen LogP contribution < -0.4 is 14.9 Å². The quantitative estimate of drug-likeness (QED) is 0.851. The number of anilines is 2. The summed E-state index contributed by atoms with van der Waals surface area (Å²) in [5.41, 5.74) is 1.61. The Balaban J connectivity index is 2.27. The number of nitrogens with one attached hydrogen (secondary N) is 2. The van der Waals surface area contributed by atoms with Gasteiger partial charge < -0.3 is 10.2 Å². The van der Waals surface area contributed by atoms with Gasteiger partial charge in [-0.05, 0) is 43.4 Å². The van der Waals surface area contributed by atoms with Gasteiger partial charge in [-0.3, -0.25) is 4.79 Å². The van der Waals surface area contributed by atoms with E-state index in [2.05, 4.69) is 10.0 Å². The van der Waals surface area contributed by atoms with Gasteiger partial charge in [0.15, 0.2) is 0 Å². The van der Waals surface area contributed by atoms with Gasteiger partial charge in [-0.15, -0.1) is 0 Å². The fraction of sp³-hybridized carbons (Fsp3) is 0.188. The van der Waals surface area contributed by atoms with Crippen molar-refractivity contribution >= 4 is 38.9 Å². The van der Waals surface area contributed by atoms with Gasteiger partial charge in [-0.1, -0.05) is 17.7 Å². The first-order valence-corrected chi connectivity index (χ1v) is 8.93. The molecular formula is C16H18ClN3O3S. The average molecular weight is 368 g/mol. The lowest BCUT2D eigenvalue weighted by atomic mass is 10.2. The lowest BCUT2D eigenvalue weighted by molar-refractivity contribution is 0.102. The van der Waals surface area contributed by atoms with E-state index in [-0.39, 0.29) is 10.8 Å². The van der Waals surface area contributed by atoms with E-state index in [1.54, 1.807) is 23.1 Å². The van der Waals surface area contributed by atoms with E-state index >= 15 is 0 Å². The molecule has 0 aliphatic carbocycles. The summed E-state index contributed by atoms with van der Waals surface area (Å²) in [5, 5.41) is 3.31. The van der Waals surface area contributed by atoms with Crippen LogP contribution in [0, 0.1) is 0 Å². The Morgan fingerprint density at radius 3 is 2.25 bits per heavy atom. The molecule has 0 unspecified atom stereocenters. The molecule has 0 fully saturated rings. The fourth-order valence-electron chi connectivity index (χ4n) is 2.17. The van der Waals surface area contributed by atoms with Gasteiger partial charge in [-0.25, -0.2) is 13.1 Å². The third-order valence-corrected chi connectivity index (χ3v) is 5.11. The summed E-state index contributed by atoms with van der Waals surface area (Å²) >= 11 is 6.17. The van der Waals surface area contributed by atoms with E-state index in [0.717, 1.165) is 0 Å². The molecule has 1 amide bonds. The molecule has 2 aromatic carbocycles. The second-order valence-corrected chi connectivity index (χ2v) is 7.51. The van der Waals surface area contributed by atoms with Crippen LogP contribution in [0.2, 0.25) is 5.02 Å². The van der Waals surface area contributed by atoms with E-state index in [4.69, 9.17) is 11.6 Å². The van der Waals surface area contributed by atoms with Crippen LogP contribution in [-0.4, -0.2) is 35.5 Å². The van der Waals surface area contributed by atoms with Crippen molar-refractivity contribution in [1.82, 2.24) is 4.72 Å². The maximum atomic E-state index is 12.4. The molecule has 2 rings (SSSR count). The number of sulfonamides is 1. The predicted molar refractivity (Wildman–Crippen MR) is 96.4 cm³/mol. The Labute approximate surface area is 146 Å². The Kier molecular flexibility index (Phi) is 5.48. The Morgan fingerprint density at radius 1 is 1.08 bits per heavy atom. The maximum absolute atomic E-state index is 12.4. The summed E-state index contributed by atoms with van der Waals surface area (Å²) < 4.78 is 25.6. The molecule has 0 radical (unpaired) electrons. The van der Waals surface area contributed by atoms with Crippen molar-refractivity contribution < 1.29 is 13.2 Å². The number of carbonyl (C=O) groups excluding carboxylic acids is 1. The van der Waals surface area contributed by atoms with Crippen molar-refractivity contribution in [3.63, 3.8) is 0 Å². The van der Waals surface area contributed by atoms with Crippen molar-refractivity contribution in [3.8, 4) is 0 Å². The van der Waals surface area contributed by atoms with Crippen LogP contribution in [-0.2, 0) is 10.0 Å². The number of rotatable bonds is 5. The lowest BCUT2D eigenvalue weighted by Crippen LogP contribution is -2.19. The van der Waals surface area contributed by atoms with E-state index in [1.165, 1.54) is 31.3 Å². The molecule has 0 atom stereocenters. The molecule has 0 spiro atoms. The minimum absolute atomic E-state index is 0.0956. The third kappa shape index (κ3) is 3.87. The number of carbonyl (C=O) groups is 1. The summed E-state index contributed by atoms with van der Waals surface area (Å²) in [6.07, 6.45) is 0. The average Bonchev–Trinajstić information content (AvgIpc) is 2.54. The van der Waals surface area contributed by atoms with Gasteiger partial charge in [-0.2, -0.15) is 0 Å². The molecule has 24 heavy (non-hydrogen) atoms. The van der Waals surface area contributed by atoms with Crippen molar-refractivity contribution in [3.05, 3.63) is 53.1 Å². The molecule has 0 aromatic heterocycles. The van der Waals surface area contributed by atoms with Crippen LogP contribution in [0.4, 0.5) is 11.4 Å². The first-order chi connectivity index (χ1) is 11.3. The molecule has 0 heterocycles. The van der Waals surface area contributed by atoms with Crippen molar-refractivity contribution in [1.29, 1.82) is 0 Å². The molecule has 128 valence electrons. The van der Waals surface area contributed by atoms with Crippen molar-refractivity contribution in [2.24, 2.45) is 0 Å². The van der Waals surface area contributed by atoms with Gasteiger partial charge in [0.25, 0.3) is 5.91 Å². The SMILES string of the molecule is CNS(=O)(=O)c1ccc(C(=O)Nc2cccc(Cl)c2N(C)C)cc1. The molecule has 0 saturated carbocycles. The van der Waals surface area contributed by atoms with Crippen LogP contribution in [0.25, 0.3) is 0 Å². The summed E-state index contributed by atoms with van der Waals surface area (Å²) in [7, 11) is 1.46. The molecule has 0 aliphatic heterocycles. The van der Waals surface area contributed by atoms with Crippen molar-refractivity contribution in [2.75, 3.05) is 31.4 Å². The van der Waals surface area contributed by atoms with Crippen LogP contribution in [0.15, 0.2) is 47.4 Å². The molecular weight excluding hydrogens is 350 g/mol. The largest absolute Gasteiger partial charge is 0.375 e. The summed E-state index contributed by atoms with van der Waals surface area (Å²) in [6.45, 7) is 0. The normalized spacial score (nSPS) is 11.2. The van der Waals surface area contributed by atoms with E-state index in [9.17, 15) is 13.2 Å². The molecule has 0 saturated heterocycles. The highest BCUT2D eigenvalue weighted by molar-refractivity contribution is 7.89.